The maximum atomic E-state index is 14.6. The molecule has 5 aliphatic rings. The zero-order valence-corrected chi connectivity index (χ0v) is 29.6. The Balaban J connectivity index is 1.21. The lowest BCUT2D eigenvalue weighted by Crippen LogP contribution is -2.68. The van der Waals surface area contributed by atoms with Gasteiger partial charge in [-0.15, -0.1) is 0 Å². The number of nitrogens with zero attached hydrogens (tertiary/aromatic N) is 2. The number of pyridine rings is 1. The lowest BCUT2D eigenvalue weighted by Gasteiger charge is -2.39. The molecule has 7 rings (SSSR count). The Morgan fingerprint density at radius 1 is 1.08 bits per heavy atom. The van der Waals surface area contributed by atoms with Gasteiger partial charge in [-0.1, -0.05) is 43.7 Å². The number of carbonyl (C=O) groups is 4. The number of aryl methyl sites for hydroxylation is 1. The summed E-state index contributed by atoms with van der Waals surface area (Å²) in [4.78, 5) is 61.6. The highest BCUT2D eigenvalue weighted by molar-refractivity contribution is 7.91. The summed E-state index contributed by atoms with van der Waals surface area (Å²) in [6.07, 6.45) is 8.24. The Hall–Kier alpha value is -4.38. The van der Waals surface area contributed by atoms with E-state index in [2.05, 4.69) is 44.3 Å². The number of amides is 4. The number of nitrogens with one attached hydrogen (secondary N) is 3. The number of sulfonamides is 1. The predicted molar refractivity (Wildman–Crippen MR) is 187 cm³/mol. The van der Waals surface area contributed by atoms with Gasteiger partial charge in [0.05, 0.1) is 24.3 Å². The molecular formula is C37H45N5O8S. The zero-order valence-electron chi connectivity index (χ0n) is 28.8. The monoisotopic (exact) mass is 719 g/mol. The molecule has 0 radical (unpaired) electrons. The second-order valence-corrected chi connectivity index (χ2v) is 16.4. The van der Waals surface area contributed by atoms with E-state index in [1.165, 1.54) is 4.90 Å². The number of fused-ring (bicyclic) bond motifs is 3. The van der Waals surface area contributed by atoms with Crippen molar-refractivity contribution >= 4 is 44.6 Å². The van der Waals surface area contributed by atoms with Crippen LogP contribution in [0.15, 0.2) is 30.5 Å². The molecule has 0 spiro atoms. The van der Waals surface area contributed by atoms with E-state index in [9.17, 15) is 27.6 Å². The molecule has 3 N–H and O–H groups in total. The molecule has 14 heteroatoms. The topological polar surface area (TPSA) is 173 Å². The van der Waals surface area contributed by atoms with Crippen molar-refractivity contribution in [2.75, 3.05) is 13.2 Å². The highest BCUT2D eigenvalue weighted by atomic mass is 32.2. The first kappa shape index (κ1) is 35.0. The average molecular weight is 720 g/mol. The second kappa shape index (κ2) is 14.3. The normalized spacial score (nSPS) is 28.7. The molecule has 4 amide bonds. The van der Waals surface area contributed by atoms with Crippen molar-refractivity contribution in [3.05, 3.63) is 36.0 Å². The van der Waals surface area contributed by atoms with Crippen molar-refractivity contribution < 1.29 is 37.1 Å². The van der Waals surface area contributed by atoms with Gasteiger partial charge < -0.3 is 25.0 Å². The predicted octanol–water partition coefficient (Wildman–Crippen LogP) is 3.10. The Morgan fingerprint density at radius 3 is 2.61 bits per heavy atom. The SMILES string of the molecule is CC[C@@H]1C#C[C@]1(NC(=O)[C@@H]1C[C@@H]2CN1C(=O)[C@H](C1CCCC1)NC(=O)OCCCCCc1ccc3ccnc(c3c1)O2)C(=O)NS(=O)(=O)C1CC1. The smallest absolute Gasteiger partial charge is 0.407 e. The van der Waals surface area contributed by atoms with Gasteiger partial charge in [0.25, 0.3) is 5.91 Å². The standard InChI is InChI=1S/C37H45N5O8S/c1-2-26-15-17-37(26,35(45)41-51(47,48)28-13-14-28)40-32(43)30-21-27-22-42(30)34(44)31(25-9-5-6-10-25)39-36(46)49-19-7-3-4-8-23-11-12-24-16-18-38-33(50-27)29(24)20-23/h11-12,16,18,20,25-28,30-31H,2-10,13-14,19,21-22H2,1H3,(H,39,46)(H,40,43)(H,41,45)/t26-,27-,30+,31+,37-/m1/s1. The Morgan fingerprint density at radius 2 is 1.88 bits per heavy atom. The number of hydrogen-bond donors (Lipinski definition) is 3. The van der Waals surface area contributed by atoms with E-state index in [-0.39, 0.29) is 25.5 Å². The van der Waals surface area contributed by atoms with Crippen LogP contribution in [0.1, 0.15) is 83.1 Å². The van der Waals surface area contributed by atoms with Crippen LogP contribution in [0.2, 0.25) is 0 Å². The fourth-order valence-corrected chi connectivity index (χ4v) is 9.17. The third-order valence-electron chi connectivity index (χ3n) is 10.9. The van der Waals surface area contributed by atoms with Crippen LogP contribution >= 0.6 is 0 Å². The summed E-state index contributed by atoms with van der Waals surface area (Å²) in [6, 6.07) is 6.02. The first-order valence-electron chi connectivity index (χ1n) is 18.3. The number of ether oxygens (including phenoxy) is 2. The number of carbonyl (C=O) groups excluding carboxylic acids is 4. The van der Waals surface area contributed by atoms with Gasteiger partial charge in [0.1, 0.15) is 18.2 Å². The van der Waals surface area contributed by atoms with Crippen LogP contribution in [0.25, 0.3) is 10.8 Å². The van der Waals surface area contributed by atoms with E-state index < -0.39 is 68.7 Å². The van der Waals surface area contributed by atoms with Gasteiger partial charge in [0, 0.05) is 18.0 Å². The Kier molecular flexibility index (Phi) is 9.84. The third kappa shape index (κ3) is 7.22. The van der Waals surface area contributed by atoms with E-state index in [4.69, 9.17) is 9.47 Å². The van der Waals surface area contributed by atoms with E-state index in [1.807, 2.05) is 12.1 Å². The first-order chi connectivity index (χ1) is 24.6. The van der Waals surface area contributed by atoms with Crippen molar-refractivity contribution in [1.29, 1.82) is 0 Å². The number of cyclic esters (lactones) is 1. The molecule has 3 heterocycles. The van der Waals surface area contributed by atoms with Gasteiger partial charge in [0.2, 0.25) is 27.7 Å². The van der Waals surface area contributed by atoms with E-state index >= 15 is 0 Å². The lowest BCUT2D eigenvalue weighted by molar-refractivity contribution is -0.142. The van der Waals surface area contributed by atoms with E-state index in [1.54, 1.807) is 13.1 Å². The molecule has 13 nitrogen and oxygen atoms in total. The molecule has 3 fully saturated rings. The fourth-order valence-electron chi connectivity index (χ4n) is 7.83. The summed E-state index contributed by atoms with van der Waals surface area (Å²) < 4.78 is 39.7. The number of alkyl carbamates (subject to hydrolysis) is 1. The Bertz CT molecular complexity index is 1880. The maximum Gasteiger partial charge on any atom is 0.407 e. The van der Waals surface area contributed by atoms with Crippen LogP contribution in [-0.2, 0) is 35.6 Å². The summed E-state index contributed by atoms with van der Waals surface area (Å²) in [5.41, 5.74) is -0.673. The molecule has 1 aromatic heterocycles. The molecule has 51 heavy (non-hydrogen) atoms. The number of rotatable bonds is 7. The molecule has 3 aliphatic carbocycles. The van der Waals surface area contributed by atoms with Gasteiger partial charge in [-0.3, -0.25) is 14.4 Å². The largest absolute Gasteiger partial charge is 0.472 e. The number of aromatic nitrogens is 1. The van der Waals surface area contributed by atoms with Crippen molar-refractivity contribution in [3.63, 3.8) is 0 Å². The molecule has 0 unspecified atom stereocenters. The molecule has 1 aromatic carbocycles. The molecule has 2 aromatic rings. The van der Waals surface area contributed by atoms with Gasteiger partial charge in [-0.2, -0.15) is 0 Å². The summed E-state index contributed by atoms with van der Waals surface area (Å²) in [5.74, 6) is 3.26. The highest BCUT2D eigenvalue weighted by Crippen LogP contribution is 2.35. The van der Waals surface area contributed by atoms with Crippen molar-refractivity contribution in [2.45, 2.75) is 113 Å². The fraction of sp³-hybridized carbons (Fsp3) is 0.595. The quantitative estimate of drug-likeness (QED) is 0.364. The van der Waals surface area contributed by atoms with E-state index in [0.717, 1.165) is 61.3 Å². The van der Waals surface area contributed by atoms with Crippen LogP contribution in [0.5, 0.6) is 5.88 Å². The second-order valence-electron chi connectivity index (χ2n) is 14.5. The summed E-state index contributed by atoms with van der Waals surface area (Å²) in [5, 5.41) is 6.74. The molecule has 5 atom stereocenters. The van der Waals surface area contributed by atoms with Gasteiger partial charge in [0.15, 0.2) is 5.54 Å². The molecule has 2 aliphatic heterocycles. The van der Waals surface area contributed by atoms with Gasteiger partial charge >= 0.3 is 6.09 Å². The average Bonchev–Trinajstić information content (AvgIpc) is 3.68. The highest BCUT2D eigenvalue weighted by Gasteiger charge is 2.54. The van der Waals surface area contributed by atoms with Crippen LogP contribution in [0, 0.1) is 23.7 Å². The minimum absolute atomic E-state index is 0.0206. The minimum atomic E-state index is -3.92. The van der Waals surface area contributed by atoms with Crippen LogP contribution in [0.4, 0.5) is 4.79 Å². The molecule has 4 bridgehead atoms. The summed E-state index contributed by atoms with van der Waals surface area (Å²) in [7, 11) is -3.92. The van der Waals surface area contributed by atoms with E-state index in [0.29, 0.717) is 31.6 Å². The third-order valence-corrected chi connectivity index (χ3v) is 12.7. The minimum Gasteiger partial charge on any atom is -0.472 e. The number of benzene rings is 1. The molecule has 1 saturated heterocycles. The van der Waals surface area contributed by atoms with Gasteiger partial charge in [-0.05, 0) is 86.8 Å². The lowest BCUT2D eigenvalue weighted by atomic mass is 9.74. The first-order valence-corrected chi connectivity index (χ1v) is 19.8. The summed E-state index contributed by atoms with van der Waals surface area (Å²) >= 11 is 0. The molecule has 272 valence electrons. The molecular weight excluding hydrogens is 675 g/mol. The van der Waals surface area contributed by atoms with Crippen LogP contribution in [-0.4, -0.2) is 84.2 Å². The van der Waals surface area contributed by atoms with Crippen LogP contribution in [0.3, 0.4) is 0 Å². The van der Waals surface area contributed by atoms with Crippen molar-refractivity contribution in [3.8, 4) is 17.7 Å². The number of hydrogen-bond acceptors (Lipinski definition) is 9. The van der Waals surface area contributed by atoms with Crippen molar-refractivity contribution in [2.24, 2.45) is 11.8 Å². The maximum absolute atomic E-state index is 14.6. The summed E-state index contributed by atoms with van der Waals surface area (Å²) in [6.45, 7) is 2.04. The molecule has 2 saturated carbocycles. The Labute approximate surface area is 298 Å². The van der Waals surface area contributed by atoms with Crippen LogP contribution < -0.4 is 20.1 Å². The van der Waals surface area contributed by atoms with Crippen molar-refractivity contribution in [1.82, 2.24) is 25.2 Å². The zero-order chi connectivity index (χ0) is 35.8. The van der Waals surface area contributed by atoms with Gasteiger partial charge in [-0.25, -0.2) is 22.9 Å².